The van der Waals surface area contributed by atoms with Gasteiger partial charge in [0.15, 0.2) is 5.58 Å². The summed E-state index contributed by atoms with van der Waals surface area (Å²) in [5.41, 5.74) is 0.588. The zero-order chi connectivity index (χ0) is 12.5. The molecule has 1 aromatic carbocycles. The molecule has 1 saturated heterocycles. The van der Waals surface area contributed by atoms with E-state index in [1.807, 2.05) is 12.1 Å². The van der Waals surface area contributed by atoms with Gasteiger partial charge in [0, 0.05) is 5.39 Å². The van der Waals surface area contributed by atoms with Crippen molar-refractivity contribution in [3.05, 3.63) is 35.0 Å². The fraction of sp³-hybridized carbons (Fsp3) is 0.385. The zero-order valence-electron chi connectivity index (χ0n) is 9.64. The lowest BCUT2D eigenvalue weighted by atomic mass is 10.1. The van der Waals surface area contributed by atoms with E-state index in [-0.39, 0.29) is 0 Å². The van der Waals surface area contributed by atoms with Crippen LogP contribution in [0.1, 0.15) is 11.9 Å². The minimum absolute atomic E-state index is 0.367. The average Bonchev–Trinajstić information content (AvgIpc) is 2.84. The van der Waals surface area contributed by atoms with E-state index in [9.17, 15) is 5.11 Å². The second kappa shape index (κ2) is 4.90. The number of hydrogen-bond acceptors (Lipinski definition) is 4. The Balaban J connectivity index is 1.91. The third kappa shape index (κ3) is 2.12. The Labute approximate surface area is 109 Å². The van der Waals surface area contributed by atoms with Crippen molar-refractivity contribution in [1.82, 2.24) is 0 Å². The van der Waals surface area contributed by atoms with Crippen LogP contribution in [-0.2, 0) is 9.47 Å². The molecule has 2 unspecified atom stereocenters. The molecule has 1 aliphatic heterocycles. The maximum atomic E-state index is 10.2. The molecule has 2 atom stereocenters. The van der Waals surface area contributed by atoms with E-state index in [1.54, 1.807) is 12.1 Å². The minimum atomic E-state index is -0.839. The Morgan fingerprint density at radius 2 is 2.22 bits per heavy atom. The van der Waals surface area contributed by atoms with Gasteiger partial charge >= 0.3 is 0 Å². The molecule has 18 heavy (non-hydrogen) atoms. The molecule has 0 spiro atoms. The Morgan fingerprint density at radius 3 is 2.94 bits per heavy atom. The molecule has 96 valence electrons. The highest BCUT2D eigenvalue weighted by molar-refractivity contribution is 6.34. The van der Waals surface area contributed by atoms with Crippen LogP contribution in [0.4, 0.5) is 0 Å². The summed E-state index contributed by atoms with van der Waals surface area (Å²) in [7, 11) is 0. The fourth-order valence-corrected chi connectivity index (χ4v) is 2.29. The number of ether oxygens (including phenoxy) is 2. The largest absolute Gasteiger partial charge is 0.457 e. The van der Waals surface area contributed by atoms with Gasteiger partial charge in [-0.15, -0.1) is 0 Å². The maximum absolute atomic E-state index is 10.2. The minimum Gasteiger partial charge on any atom is -0.457 e. The highest BCUT2D eigenvalue weighted by Gasteiger charge is 2.27. The summed E-state index contributed by atoms with van der Waals surface area (Å²) in [6.07, 6.45) is -1.23. The molecule has 2 heterocycles. The van der Waals surface area contributed by atoms with Crippen molar-refractivity contribution >= 4 is 22.6 Å². The van der Waals surface area contributed by atoms with Crippen LogP contribution in [0.5, 0.6) is 0 Å². The first-order chi connectivity index (χ1) is 8.75. The van der Waals surface area contributed by atoms with E-state index in [1.165, 1.54) is 0 Å². The topological polar surface area (TPSA) is 51.8 Å². The van der Waals surface area contributed by atoms with E-state index >= 15 is 0 Å². The third-order valence-corrected chi connectivity index (χ3v) is 3.30. The maximum Gasteiger partial charge on any atom is 0.152 e. The van der Waals surface area contributed by atoms with Gasteiger partial charge in [-0.25, -0.2) is 0 Å². The van der Waals surface area contributed by atoms with Gasteiger partial charge in [-0.1, -0.05) is 23.7 Å². The normalized spacial score (nSPS) is 22.2. The van der Waals surface area contributed by atoms with Gasteiger partial charge < -0.3 is 19.0 Å². The summed E-state index contributed by atoms with van der Waals surface area (Å²) in [6, 6.07) is 7.27. The second-order valence-corrected chi connectivity index (χ2v) is 4.64. The summed E-state index contributed by atoms with van der Waals surface area (Å²) in [4.78, 5) is 0. The smallest absolute Gasteiger partial charge is 0.152 e. The lowest BCUT2D eigenvalue weighted by Gasteiger charge is -2.25. The van der Waals surface area contributed by atoms with E-state index in [4.69, 9.17) is 25.5 Å². The molecule has 1 N–H and O–H groups in total. The molecule has 0 aliphatic carbocycles. The molecule has 3 rings (SSSR count). The van der Waals surface area contributed by atoms with Gasteiger partial charge in [0.05, 0.1) is 24.8 Å². The average molecular weight is 269 g/mol. The second-order valence-electron chi connectivity index (χ2n) is 4.24. The summed E-state index contributed by atoms with van der Waals surface area (Å²) in [5.74, 6) is 0.452. The quantitative estimate of drug-likeness (QED) is 0.909. The fourth-order valence-electron chi connectivity index (χ4n) is 2.06. The van der Waals surface area contributed by atoms with Gasteiger partial charge in [0.2, 0.25) is 0 Å². The van der Waals surface area contributed by atoms with E-state index in [0.29, 0.717) is 36.2 Å². The molecule has 4 nitrogen and oxygen atoms in total. The lowest BCUT2D eigenvalue weighted by molar-refractivity contribution is -0.137. The first-order valence-corrected chi connectivity index (χ1v) is 6.19. The number of benzene rings is 1. The van der Waals surface area contributed by atoms with Crippen molar-refractivity contribution in [3.63, 3.8) is 0 Å². The number of aliphatic hydroxyl groups excluding tert-OH is 1. The van der Waals surface area contributed by atoms with Crippen LogP contribution in [0.15, 0.2) is 28.7 Å². The molecule has 0 saturated carbocycles. The SMILES string of the molecule is OC(c1cc2cccc(Cl)c2o1)C1COCCO1. The van der Waals surface area contributed by atoms with Crippen molar-refractivity contribution in [2.75, 3.05) is 19.8 Å². The molecule has 1 fully saturated rings. The summed E-state index contributed by atoms with van der Waals surface area (Å²) in [5, 5.41) is 11.6. The molecule has 2 aromatic rings. The standard InChI is InChI=1S/C13H13ClO4/c14-9-3-1-2-8-6-10(18-13(8)9)12(15)11-7-16-4-5-17-11/h1-3,6,11-12,15H,4-5,7H2. The van der Waals surface area contributed by atoms with Gasteiger partial charge in [-0.05, 0) is 12.1 Å². The van der Waals surface area contributed by atoms with Crippen LogP contribution in [0.2, 0.25) is 5.02 Å². The van der Waals surface area contributed by atoms with Crippen molar-refractivity contribution in [2.45, 2.75) is 12.2 Å². The number of fused-ring (bicyclic) bond motifs is 1. The first-order valence-electron chi connectivity index (χ1n) is 5.81. The van der Waals surface area contributed by atoms with Crippen LogP contribution in [-0.4, -0.2) is 31.0 Å². The molecule has 1 aliphatic rings. The Kier molecular flexibility index (Phi) is 3.26. The van der Waals surface area contributed by atoms with Gasteiger partial charge in [-0.2, -0.15) is 0 Å². The highest BCUT2D eigenvalue weighted by Crippen LogP contribution is 2.31. The van der Waals surface area contributed by atoms with Gasteiger partial charge in [0.25, 0.3) is 0 Å². The lowest BCUT2D eigenvalue weighted by Crippen LogP contribution is -2.33. The van der Waals surface area contributed by atoms with Crippen molar-refractivity contribution < 1.29 is 19.0 Å². The summed E-state index contributed by atoms with van der Waals surface area (Å²) in [6.45, 7) is 1.42. The molecule has 0 amide bonds. The number of halogens is 1. The van der Waals surface area contributed by atoms with Crippen molar-refractivity contribution in [2.24, 2.45) is 0 Å². The van der Waals surface area contributed by atoms with Crippen LogP contribution >= 0.6 is 11.6 Å². The Hall–Kier alpha value is -1.07. The predicted octanol–water partition coefficient (Wildman–Crippen LogP) is 2.54. The molecule has 0 bridgehead atoms. The van der Waals surface area contributed by atoms with Crippen LogP contribution in [0, 0.1) is 0 Å². The molecular weight excluding hydrogens is 256 g/mol. The van der Waals surface area contributed by atoms with Crippen LogP contribution in [0.3, 0.4) is 0 Å². The predicted molar refractivity (Wildman–Crippen MR) is 66.7 cm³/mol. The zero-order valence-corrected chi connectivity index (χ0v) is 10.4. The Morgan fingerprint density at radius 1 is 1.33 bits per heavy atom. The summed E-state index contributed by atoms with van der Waals surface area (Å²) >= 11 is 6.03. The molecular formula is C13H13ClO4. The van der Waals surface area contributed by atoms with Crippen molar-refractivity contribution in [1.29, 1.82) is 0 Å². The third-order valence-electron chi connectivity index (χ3n) is 3.00. The first kappa shape index (κ1) is 12.0. The Bertz CT molecular complexity index is 545. The van der Waals surface area contributed by atoms with Crippen LogP contribution < -0.4 is 0 Å². The highest BCUT2D eigenvalue weighted by atomic mass is 35.5. The van der Waals surface area contributed by atoms with E-state index in [2.05, 4.69) is 0 Å². The number of furan rings is 1. The summed E-state index contributed by atoms with van der Waals surface area (Å²) < 4.78 is 16.3. The van der Waals surface area contributed by atoms with E-state index in [0.717, 1.165) is 5.39 Å². The van der Waals surface area contributed by atoms with Crippen LogP contribution in [0.25, 0.3) is 11.0 Å². The number of rotatable bonds is 2. The monoisotopic (exact) mass is 268 g/mol. The van der Waals surface area contributed by atoms with Crippen molar-refractivity contribution in [3.8, 4) is 0 Å². The number of aliphatic hydroxyl groups is 1. The van der Waals surface area contributed by atoms with E-state index < -0.39 is 12.2 Å². The number of para-hydroxylation sites is 1. The molecule has 1 aromatic heterocycles. The molecule has 0 radical (unpaired) electrons. The number of hydrogen-bond donors (Lipinski definition) is 1. The molecule has 5 heteroatoms. The van der Waals surface area contributed by atoms with Gasteiger partial charge in [0.1, 0.15) is 18.0 Å². The van der Waals surface area contributed by atoms with Gasteiger partial charge in [-0.3, -0.25) is 0 Å².